The third-order valence-corrected chi connectivity index (χ3v) is 6.14. The lowest BCUT2D eigenvalue weighted by Gasteiger charge is -2.12. The molecule has 7 nitrogen and oxygen atoms in total. The van der Waals surface area contributed by atoms with Gasteiger partial charge in [0, 0.05) is 6.61 Å². The maximum Gasteiger partial charge on any atom is 0.343 e. The summed E-state index contributed by atoms with van der Waals surface area (Å²) in [5.41, 5.74) is 2.99. The molecule has 0 heterocycles. The first-order valence-corrected chi connectivity index (χ1v) is 13.3. The van der Waals surface area contributed by atoms with Crippen molar-refractivity contribution in [2.75, 3.05) is 13.2 Å². The Bertz CT molecular complexity index is 1210. The van der Waals surface area contributed by atoms with Gasteiger partial charge in [-0.25, -0.2) is 9.59 Å². The van der Waals surface area contributed by atoms with Crippen LogP contribution in [0, 0.1) is 5.92 Å². The molecule has 0 aliphatic rings. The van der Waals surface area contributed by atoms with Crippen LogP contribution < -0.4 is 9.47 Å². The molecule has 2 unspecified atom stereocenters. The molecule has 206 valence electrons. The van der Waals surface area contributed by atoms with Crippen LogP contribution in [0.3, 0.4) is 0 Å². The second-order valence-corrected chi connectivity index (χ2v) is 9.44. The van der Waals surface area contributed by atoms with Gasteiger partial charge in [-0.05, 0) is 72.4 Å². The van der Waals surface area contributed by atoms with Crippen molar-refractivity contribution in [2.45, 2.75) is 53.1 Å². The maximum absolute atomic E-state index is 12.6. The molecule has 0 fully saturated rings. The summed E-state index contributed by atoms with van der Waals surface area (Å²) in [5.74, 6) is -0.0356. The van der Waals surface area contributed by atoms with E-state index < -0.39 is 18.0 Å². The van der Waals surface area contributed by atoms with Gasteiger partial charge in [-0.15, -0.1) is 0 Å². The Morgan fingerprint density at radius 2 is 1.31 bits per heavy atom. The van der Waals surface area contributed by atoms with Crippen LogP contribution >= 0.6 is 0 Å². The number of hydrogen-bond acceptors (Lipinski definition) is 7. The Labute approximate surface area is 230 Å². The summed E-state index contributed by atoms with van der Waals surface area (Å²) >= 11 is 0. The highest BCUT2D eigenvalue weighted by molar-refractivity contribution is 5.91. The van der Waals surface area contributed by atoms with E-state index in [2.05, 4.69) is 6.92 Å². The van der Waals surface area contributed by atoms with Gasteiger partial charge >= 0.3 is 17.9 Å². The molecule has 0 aliphatic carbocycles. The molecular weight excluding hydrogens is 496 g/mol. The summed E-state index contributed by atoms with van der Waals surface area (Å²) in [4.78, 5) is 36.7. The Hall–Kier alpha value is -3.97. The smallest absolute Gasteiger partial charge is 0.343 e. The number of ether oxygens (including phenoxy) is 4. The van der Waals surface area contributed by atoms with E-state index in [1.807, 2.05) is 38.1 Å². The SMILES string of the molecule is CCCOC(C)C(=O)Oc1ccc(-c2ccc(C(=O)Oc3ccc(CC(=O)OCC(C)CC)cc3)cc2)cc1. The Kier molecular flexibility index (Phi) is 11.3. The van der Waals surface area contributed by atoms with Gasteiger partial charge in [-0.3, -0.25) is 4.79 Å². The van der Waals surface area contributed by atoms with E-state index in [0.717, 1.165) is 29.5 Å². The Balaban J connectivity index is 1.52. The van der Waals surface area contributed by atoms with Gasteiger partial charge in [-0.1, -0.05) is 63.6 Å². The summed E-state index contributed by atoms with van der Waals surface area (Å²) in [6.45, 7) is 8.65. The first-order valence-electron chi connectivity index (χ1n) is 13.3. The van der Waals surface area contributed by atoms with Crippen molar-refractivity contribution in [1.29, 1.82) is 0 Å². The molecule has 2 atom stereocenters. The van der Waals surface area contributed by atoms with E-state index in [9.17, 15) is 14.4 Å². The first-order chi connectivity index (χ1) is 18.8. The summed E-state index contributed by atoms with van der Waals surface area (Å²) in [6, 6.07) is 21.0. The molecule has 0 aliphatic heterocycles. The monoisotopic (exact) mass is 532 g/mol. The molecule has 0 saturated heterocycles. The zero-order valence-electron chi connectivity index (χ0n) is 23.0. The molecule has 0 spiro atoms. The minimum absolute atomic E-state index is 0.169. The van der Waals surface area contributed by atoms with Gasteiger partial charge < -0.3 is 18.9 Å². The van der Waals surface area contributed by atoms with Crippen molar-refractivity contribution in [1.82, 2.24) is 0 Å². The van der Waals surface area contributed by atoms with E-state index >= 15 is 0 Å². The Morgan fingerprint density at radius 1 is 0.744 bits per heavy atom. The van der Waals surface area contributed by atoms with E-state index in [0.29, 0.717) is 36.2 Å². The summed E-state index contributed by atoms with van der Waals surface area (Å²) in [7, 11) is 0. The van der Waals surface area contributed by atoms with Crippen LogP contribution in [-0.4, -0.2) is 37.2 Å². The normalized spacial score (nSPS) is 12.3. The number of benzene rings is 3. The molecule has 3 rings (SSSR count). The predicted octanol–water partition coefficient (Wildman–Crippen LogP) is 6.43. The number of esters is 3. The lowest BCUT2D eigenvalue weighted by atomic mass is 10.0. The van der Waals surface area contributed by atoms with Gasteiger partial charge in [0.25, 0.3) is 0 Å². The Morgan fingerprint density at radius 3 is 1.90 bits per heavy atom. The maximum atomic E-state index is 12.6. The van der Waals surface area contributed by atoms with E-state index in [4.69, 9.17) is 18.9 Å². The molecule has 3 aromatic carbocycles. The van der Waals surface area contributed by atoms with Gasteiger partial charge in [0.2, 0.25) is 0 Å². The highest BCUT2D eigenvalue weighted by atomic mass is 16.6. The van der Waals surface area contributed by atoms with E-state index in [1.165, 1.54) is 0 Å². The summed E-state index contributed by atoms with van der Waals surface area (Å²) in [6.07, 6.45) is 1.32. The van der Waals surface area contributed by atoms with Crippen molar-refractivity contribution in [2.24, 2.45) is 5.92 Å². The third kappa shape index (κ3) is 9.37. The van der Waals surface area contributed by atoms with Crippen molar-refractivity contribution < 1.29 is 33.3 Å². The van der Waals surface area contributed by atoms with Gasteiger partial charge in [0.1, 0.15) is 11.5 Å². The molecule has 7 heteroatoms. The van der Waals surface area contributed by atoms with Crippen LogP contribution in [0.2, 0.25) is 0 Å². The molecule has 0 radical (unpaired) electrons. The van der Waals surface area contributed by atoms with Crippen LogP contribution in [0.1, 0.15) is 56.5 Å². The summed E-state index contributed by atoms with van der Waals surface area (Å²) in [5, 5.41) is 0. The largest absolute Gasteiger partial charge is 0.465 e. The van der Waals surface area contributed by atoms with Gasteiger partial charge in [0.15, 0.2) is 6.10 Å². The van der Waals surface area contributed by atoms with Crippen LogP contribution in [0.25, 0.3) is 11.1 Å². The molecule has 0 aromatic heterocycles. The van der Waals surface area contributed by atoms with Crippen LogP contribution in [0.15, 0.2) is 72.8 Å². The van der Waals surface area contributed by atoms with Crippen molar-refractivity contribution >= 4 is 17.9 Å². The second-order valence-electron chi connectivity index (χ2n) is 9.44. The van der Waals surface area contributed by atoms with Gasteiger partial charge in [0.05, 0.1) is 18.6 Å². The minimum atomic E-state index is -0.627. The lowest BCUT2D eigenvalue weighted by molar-refractivity contribution is -0.146. The molecule has 0 N–H and O–H groups in total. The zero-order chi connectivity index (χ0) is 28.2. The predicted molar refractivity (Wildman–Crippen MR) is 149 cm³/mol. The highest BCUT2D eigenvalue weighted by Crippen LogP contribution is 2.24. The van der Waals surface area contributed by atoms with Crippen molar-refractivity contribution in [3.8, 4) is 22.6 Å². The molecule has 0 saturated carbocycles. The van der Waals surface area contributed by atoms with Crippen molar-refractivity contribution in [3.05, 3.63) is 83.9 Å². The fraction of sp³-hybridized carbons (Fsp3) is 0.344. The number of carbonyl (C=O) groups excluding carboxylic acids is 3. The molecule has 39 heavy (non-hydrogen) atoms. The van der Waals surface area contributed by atoms with E-state index in [1.54, 1.807) is 55.5 Å². The lowest BCUT2D eigenvalue weighted by Crippen LogP contribution is -2.26. The molecule has 0 amide bonds. The topological polar surface area (TPSA) is 88.1 Å². The number of carbonyl (C=O) groups is 3. The second kappa shape index (κ2) is 14.8. The fourth-order valence-corrected chi connectivity index (χ4v) is 3.49. The summed E-state index contributed by atoms with van der Waals surface area (Å²) < 4.78 is 21.5. The third-order valence-electron chi connectivity index (χ3n) is 6.14. The van der Waals surface area contributed by atoms with Crippen molar-refractivity contribution in [3.63, 3.8) is 0 Å². The molecular formula is C32H36O7. The highest BCUT2D eigenvalue weighted by Gasteiger charge is 2.16. The number of hydrogen-bond donors (Lipinski definition) is 0. The molecule has 0 bridgehead atoms. The van der Waals surface area contributed by atoms with E-state index in [-0.39, 0.29) is 12.4 Å². The van der Waals surface area contributed by atoms with Crippen LogP contribution in [0.4, 0.5) is 0 Å². The minimum Gasteiger partial charge on any atom is -0.465 e. The average Bonchev–Trinajstić information content (AvgIpc) is 2.96. The van der Waals surface area contributed by atoms with Crippen LogP contribution in [-0.2, 0) is 25.5 Å². The number of rotatable bonds is 13. The van der Waals surface area contributed by atoms with Crippen LogP contribution in [0.5, 0.6) is 11.5 Å². The zero-order valence-corrected chi connectivity index (χ0v) is 23.0. The average molecular weight is 533 g/mol. The quantitative estimate of drug-likeness (QED) is 0.185. The molecule has 3 aromatic rings. The standard InChI is InChI=1S/C32H36O7/c1-5-19-36-23(4)31(34)38-29-17-13-26(14-18-29)25-9-11-27(12-10-25)32(35)39-28-15-7-24(8-16-28)20-30(33)37-21-22(3)6-2/h7-18,22-23H,5-6,19-21H2,1-4H3. The first kappa shape index (κ1) is 29.6. The van der Waals surface area contributed by atoms with Gasteiger partial charge in [-0.2, -0.15) is 0 Å². The fourth-order valence-electron chi connectivity index (χ4n) is 3.49.